The highest BCUT2D eigenvalue weighted by molar-refractivity contribution is 6.29. The van der Waals surface area contributed by atoms with Gasteiger partial charge in [0, 0.05) is 30.7 Å². The quantitative estimate of drug-likeness (QED) is 0.112. The fraction of sp³-hybridized carbons (Fsp3) is 0.593. The lowest BCUT2D eigenvalue weighted by Crippen LogP contribution is -2.39. The summed E-state index contributed by atoms with van der Waals surface area (Å²) < 4.78 is 47.3. The molecule has 1 aliphatic carbocycles. The maximum atomic E-state index is 12.6. The summed E-state index contributed by atoms with van der Waals surface area (Å²) in [5.41, 5.74) is 0.0325. The first-order valence-corrected chi connectivity index (χ1v) is 13.1. The number of carbonyl (C=O) groups is 1. The zero-order chi connectivity index (χ0) is 29.8. The Kier molecular flexibility index (Phi) is 19.1. The van der Waals surface area contributed by atoms with Crippen LogP contribution >= 0.6 is 11.6 Å². The van der Waals surface area contributed by atoms with Crippen molar-refractivity contribution in [3.63, 3.8) is 0 Å². The predicted octanol–water partition coefficient (Wildman–Crippen LogP) is 6.87. The number of rotatable bonds is 9. The number of carbonyl (C=O) groups excluding carboxylic acids is 1. The number of pyridine rings is 1. The summed E-state index contributed by atoms with van der Waals surface area (Å²) in [7, 11) is 1.65. The van der Waals surface area contributed by atoms with E-state index in [1.54, 1.807) is 19.2 Å². The maximum absolute atomic E-state index is 12.6. The molecule has 0 bridgehead atoms. The first-order chi connectivity index (χ1) is 18.3. The van der Waals surface area contributed by atoms with Gasteiger partial charge in [-0.1, -0.05) is 36.9 Å². The topological polar surface area (TPSA) is 103 Å². The van der Waals surface area contributed by atoms with Gasteiger partial charge >= 0.3 is 0 Å². The average molecular weight is 580 g/mol. The molecule has 0 spiro atoms. The van der Waals surface area contributed by atoms with E-state index in [1.165, 1.54) is 58.5 Å². The van der Waals surface area contributed by atoms with E-state index in [1.807, 2.05) is 0 Å². The minimum absolute atomic E-state index is 0.134. The predicted molar refractivity (Wildman–Crippen MR) is 149 cm³/mol. The highest BCUT2D eigenvalue weighted by Gasteiger charge is 2.25. The number of hydrogen-bond donors (Lipinski definition) is 4. The number of halogens is 5. The molecule has 3 rings (SSSR count). The zero-order valence-electron chi connectivity index (χ0n) is 23.1. The molecule has 2 heterocycles. The van der Waals surface area contributed by atoms with Crippen LogP contribution in [0.3, 0.4) is 0 Å². The van der Waals surface area contributed by atoms with Crippen LogP contribution < -0.4 is 10.6 Å². The maximum Gasteiger partial charge on any atom is 0.279 e. The minimum atomic E-state index is -2.43. The van der Waals surface area contributed by atoms with Crippen LogP contribution in [-0.4, -0.2) is 64.2 Å². The molecule has 2 atom stereocenters. The van der Waals surface area contributed by atoms with Gasteiger partial charge < -0.3 is 15.7 Å². The number of hydrogen-bond acceptors (Lipinski definition) is 6. The van der Waals surface area contributed by atoms with Crippen molar-refractivity contribution in [2.24, 2.45) is 0 Å². The largest absolute Gasteiger partial charge is 0.387 e. The van der Waals surface area contributed by atoms with Gasteiger partial charge in [-0.3, -0.25) is 9.89 Å². The number of allylic oxidation sites excluding steroid dienone is 1. The van der Waals surface area contributed by atoms with Gasteiger partial charge in [0.1, 0.15) is 23.2 Å². The van der Waals surface area contributed by atoms with Crippen LogP contribution in [0.5, 0.6) is 0 Å². The van der Waals surface area contributed by atoms with Crippen molar-refractivity contribution in [3.05, 3.63) is 53.6 Å². The first kappa shape index (κ1) is 36.5. The molecule has 0 aromatic carbocycles. The lowest BCUT2D eigenvalue weighted by molar-refractivity contribution is -0.00150. The molecule has 1 fully saturated rings. The van der Waals surface area contributed by atoms with Crippen molar-refractivity contribution < 1.29 is 27.5 Å². The van der Waals surface area contributed by atoms with Crippen LogP contribution in [-0.2, 0) is 0 Å². The molecule has 2 aromatic heterocycles. The highest BCUT2D eigenvalue weighted by Crippen LogP contribution is 2.24. The van der Waals surface area contributed by atoms with E-state index >= 15 is 0 Å². The molecule has 1 saturated carbocycles. The molecule has 7 nitrogen and oxygen atoms in total. The molecule has 2 unspecified atom stereocenters. The van der Waals surface area contributed by atoms with Gasteiger partial charge in [-0.05, 0) is 59.2 Å². The Bertz CT molecular complexity index is 906. The molecule has 0 radical (unpaired) electrons. The standard InChI is InChI=1S/C12H15ClN2O.C6H14FNO.C5H9F.C4H4F2N2/c13-12-6-11(9(8-16)7-14-12)15-10-4-2-1-3-5-10;1-6(2,9)5(7)4-8-3;1-3-4-5(2)6;5-4(6)3-1-2-7-8-3/h6-8,10H,1-5H2,(H,14,15);5,8-9H,4H2,1-3H3;3,5H,1,4H2,2H3;1-2,4H,(H,7,8). The van der Waals surface area contributed by atoms with Crippen molar-refractivity contribution >= 4 is 23.6 Å². The third-order valence-electron chi connectivity index (χ3n) is 5.39. The molecule has 39 heavy (non-hydrogen) atoms. The molecule has 222 valence electrons. The zero-order valence-corrected chi connectivity index (χ0v) is 23.8. The molecule has 12 heteroatoms. The Morgan fingerprint density at radius 1 is 1.26 bits per heavy atom. The van der Waals surface area contributed by atoms with E-state index in [2.05, 4.69) is 32.4 Å². The lowest BCUT2D eigenvalue weighted by Gasteiger charge is -2.24. The number of aromatic nitrogens is 3. The minimum Gasteiger partial charge on any atom is -0.387 e. The fourth-order valence-electron chi connectivity index (χ4n) is 3.17. The molecular weight excluding hydrogens is 538 g/mol. The molecule has 1 aliphatic rings. The molecule has 4 N–H and O–H groups in total. The summed E-state index contributed by atoms with van der Waals surface area (Å²) >= 11 is 5.82. The smallest absolute Gasteiger partial charge is 0.279 e. The fourth-order valence-corrected chi connectivity index (χ4v) is 3.33. The van der Waals surface area contributed by atoms with Crippen LogP contribution in [0.2, 0.25) is 5.15 Å². The number of nitrogens with one attached hydrogen (secondary N) is 3. The van der Waals surface area contributed by atoms with Crippen molar-refractivity contribution in [2.45, 2.75) is 89.7 Å². The summed E-state index contributed by atoms with van der Waals surface area (Å²) in [4.78, 5) is 14.8. The van der Waals surface area contributed by atoms with E-state index in [-0.39, 0.29) is 12.2 Å². The number of nitrogens with zero attached hydrogens (tertiary/aromatic N) is 2. The second kappa shape index (κ2) is 20.4. The Hall–Kier alpha value is -2.50. The Balaban J connectivity index is 0.000000538. The van der Waals surface area contributed by atoms with Crippen molar-refractivity contribution in [3.8, 4) is 0 Å². The van der Waals surface area contributed by atoms with Crippen molar-refractivity contribution in [2.75, 3.05) is 18.9 Å². The van der Waals surface area contributed by atoms with Gasteiger partial charge in [0.2, 0.25) is 0 Å². The number of aliphatic hydroxyl groups is 1. The van der Waals surface area contributed by atoms with E-state index < -0.39 is 24.4 Å². The molecule has 0 aliphatic heterocycles. The number of alkyl halides is 4. The molecular formula is C27H42ClF4N5O2. The first-order valence-electron chi connectivity index (χ1n) is 12.8. The van der Waals surface area contributed by atoms with Crippen LogP contribution in [0, 0.1) is 0 Å². The van der Waals surface area contributed by atoms with E-state index in [9.17, 15) is 22.4 Å². The van der Waals surface area contributed by atoms with E-state index in [0.29, 0.717) is 23.2 Å². The van der Waals surface area contributed by atoms with Crippen LogP contribution in [0.15, 0.2) is 37.2 Å². The third kappa shape index (κ3) is 17.7. The van der Waals surface area contributed by atoms with Crippen molar-refractivity contribution in [1.29, 1.82) is 0 Å². The van der Waals surface area contributed by atoms with Crippen molar-refractivity contribution in [1.82, 2.24) is 20.5 Å². The second-order valence-electron chi connectivity index (χ2n) is 9.49. The summed E-state index contributed by atoms with van der Waals surface area (Å²) in [6.45, 7) is 7.98. The van der Waals surface area contributed by atoms with Gasteiger partial charge in [0.05, 0.1) is 11.2 Å². The number of aromatic amines is 1. The van der Waals surface area contributed by atoms with Gasteiger partial charge in [-0.15, -0.1) is 6.58 Å². The third-order valence-corrected chi connectivity index (χ3v) is 5.60. The van der Waals surface area contributed by atoms with Gasteiger partial charge in [0.25, 0.3) is 6.43 Å². The summed E-state index contributed by atoms with van der Waals surface area (Å²) in [6, 6.07) is 3.43. The van der Waals surface area contributed by atoms with Crippen LogP contribution in [0.1, 0.15) is 81.8 Å². The van der Waals surface area contributed by atoms with E-state index in [0.717, 1.165) is 24.8 Å². The average Bonchev–Trinajstić information content (AvgIpc) is 3.41. The van der Waals surface area contributed by atoms with E-state index in [4.69, 9.17) is 16.7 Å². The molecule has 0 amide bonds. The monoisotopic (exact) mass is 579 g/mol. The SMILES string of the molecule is C=CCC(C)F.CNCC(F)C(C)(C)O.FC(F)c1ccn[nH]1.O=Cc1cnc(Cl)cc1NC1CCCCC1. The lowest BCUT2D eigenvalue weighted by atomic mass is 9.95. The summed E-state index contributed by atoms with van der Waals surface area (Å²) in [5.74, 6) is 0. The van der Waals surface area contributed by atoms with Gasteiger partial charge in [-0.2, -0.15) is 5.10 Å². The number of anilines is 1. The summed E-state index contributed by atoms with van der Waals surface area (Å²) in [5, 5.41) is 20.9. The second-order valence-corrected chi connectivity index (χ2v) is 9.88. The van der Waals surface area contributed by atoms with Crippen LogP contribution in [0.25, 0.3) is 0 Å². The Morgan fingerprint density at radius 3 is 2.26 bits per heavy atom. The number of aldehydes is 1. The normalized spacial score (nSPS) is 14.8. The highest BCUT2D eigenvalue weighted by atomic mass is 35.5. The van der Waals surface area contributed by atoms with Crippen LogP contribution in [0.4, 0.5) is 23.2 Å². The Morgan fingerprint density at radius 2 is 1.90 bits per heavy atom. The molecule has 2 aromatic rings. The van der Waals surface area contributed by atoms with Gasteiger partial charge in [-0.25, -0.2) is 22.5 Å². The Labute approximate surface area is 233 Å². The summed E-state index contributed by atoms with van der Waals surface area (Å²) in [6.07, 6.45) is 7.48. The van der Waals surface area contributed by atoms with Gasteiger partial charge in [0.15, 0.2) is 6.29 Å². The molecule has 0 saturated heterocycles. The number of H-pyrrole nitrogens is 1.